The Morgan fingerprint density at radius 1 is 1.28 bits per heavy atom. The van der Waals surface area contributed by atoms with Crippen LogP contribution in [0.15, 0.2) is 12.3 Å². The molecule has 0 fully saturated rings. The molecule has 0 bridgehead atoms. The van der Waals surface area contributed by atoms with Crippen molar-refractivity contribution in [1.82, 2.24) is 20.4 Å². The van der Waals surface area contributed by atoms with E-state index in [4.69, 9.17) is 5.11 Å². The third-order valence-electron chi connectivity index (χ3n) is 3.02. The van der Waals surface area contributed by atoms with Gasteiger partial charge in [0, 0.05) is 6.20 Å². The number of carbonyl (C=O) groups is 3. The van der Waals surface area contributed by atoms with Crippen LogP contribution in [0, 0.1) is 5.92 Å². The lowest BCUT2D eigenvalue weighted by Gasteiger charge is -2.16. The normalized spacial score (nSPS) is 12.7. The Kier molecular flexibility index (Phi) is 6.95. The summed E-state index contributed by atoms with van der Waals surface area (Å²) >= 11 is 0. The van der Waals surface area contributed by atoms with Crippen LogP contribution in [0.2, 0.25) is 0 Å². The first-order valence-electron chi connectivity index (χ1n) is 7.38. The molecule has 1 atom stereocenters. The van der Waals surface area contributed by atoms with E-state index < -0.39 is 48.8 Å². The van der Waals surface area contributed by atoms with Gasteiger partial charge in [0.25, 0.3) is 0 Å². The molecule has 1 rings (SSSR count). The standard InChI is InChI=1S/C14H19F3N4O4/c1-8(2)5-9(13(24)25)19-11(22)6-18-12(23)7-21-4-3-10(20-21)14(15,16)17/h3-4,8-9H,5-7H2,1-2H3,(H,18,23)(H,19,22)(H,24,25)/t9-/m0/s1. The monoisotopic (exact) mass is 364 g/mol. The van der Waals surface area contributed by atoms with Crippen LogP contribution in [0.4, 0.5) is 13.2 Å². The van der Waals surface area contributed by atoms with Crippen LogP contribution in [0.5, 0.6) is 0 Å². The summed E-state index contributed by atoms with van der Waals surface area (Å²) in [6.07, 6.45) is -3.39. The molecule has 0 radical (unpaired) electrons. The van der Waals surface area contributed by atoms with Crippen LogP contribution in [0.3, 0.4) is 0 Å². The van der Waals surface area contributed by atoms with Crippen molar-refractivity contribution in [2.24, 2.45) is 5.92 Å². The smallest absolute Gasteiger partial charge is 0.435 e. The second-order valence-corrected chi connectivity index (χ2v) is 5.76. The van der Waals surface area contributed by atoms with E-state index in [1.165, 1.54) is 0 Å². The van der Waals surface area contributed by atoms with Gasteiger partial charge in [-0.25, -0.2) is 4.79 Å². The Morgan fingerprint density at radius 2 is 1.92 bits per heavy atom. The average Bonchev–Trinajstić information content (AvgIpc) is 2.92. The maximum atomic E-state index is 12.4. The molecule has 0 saturated heterocycles. The molecule has 8 nitrogen and oxygen atoms in total. The van der Waals surface area contributed by atoms with Crippen molar-refractivity contribution in [1.29, 1.82) is 0 Å². The number of hydrogen-bond acceptors (Lipinski definition) is 4. The summed E-state index contributed by atoms with van der Waals surface area (Å²) in [6, 6.07) is -0.353. The first-order chi connectivity index (χ1) is 11.5. The molecule has 11 heteroatoms. The molecule has 3 N–H and O–H groups in total. The van der Waals surface area contributed by atoms with Crippen LogP contribution in [0.25, 0.3) is 0 Å². The van der Waals surface area contributed by atoms with Crippen LogP contribution >= 0.6 is 0 Å². The molecular weight excluding hydrogens is 345 g/mol. The molecule has 0 aliphatic rings. The largest absolute Gasteiger partial charge is 0.480 e. The van der Waals surface area contributed by atoms with Crippen molar-refractivity contribution in [3.63, 3.8) is 0 Å². The van der Waals surface area contributed by atoms with Crippen molar-refractivity contribution in [3.05, 3.63) is 18.0 Å². The SMILES string of the molecule is CC(C)C[C@H](NC(=O)CNC(=O)Cn1ccc(C(F)(F)F)n1)C(=O)O. The number of rotatable bonds is 8. The van der Waals surface area contributed by atoms with Gasteiger partial charge in [-0.3, -0.25) is 14.3 Å². The molecule has 140 valence electrons. The van der Waals surface area contributed by atoms with E-state index in [9.17, 15) is 27.6 Å². The fraction of sp³-hybridized carbons (Fsp3) is 0.571. The highest BCUT2D eigenvalue weighted by molar-refractivity contribution is 5.87. The topological polar surface area (TPSA) is 113 Å². The quantitative estimate of drug-likeness (QED) is 0.626. The van der Waals surface area contributed by atoms with Gasteiger partial charge < -0.3 is 15.7 Å². The summed E-state index contributed by atoms with van der Waals surface area (Å²) in [5.41, 5.74) is -1.13. The van der Waals surface area contributed by atoms with Gasteiger partial charge in [0.2, 0.25) is 11.8 Å². The Morgan fingerprint density at radius 3 is 2.40 bits per heavy atom. The molecule has 0 aliphatic heterocycles. The molecule has 0 saturated carbocycles. The van der Waals surface area contributed by atoms with Gasteiger partial charge in [0.1, 0.15) is 12.6 Å². The minimum Gasteiger partial charge on any atom is -0.480 e. The second-order valence-electron chi connectivity index (χ2n) is 5.76. The Bertz CT molecular complexity index is 628. The summed E-state index contributed by atoms with van der Waals surface area (Å²) in [5.74, 6) is -2.59. The molecule has 0 aliphatic carbocycles. The summed E-state index contributed by atoms with van der Waals surface area (Å²) in [6.45, 7) is 2.60. The number of hydrogen-bond donors (Lipinski definition) is 3. The summed E-state index contributed by atoms with van der Waals surface area (Å²) in [5, 5.41) is 16.7. The fourth-order valence-electron chi connectivity index (χ4n) is 1.92. The summed E-state index contributed by atoms with van der Waals surface area (Å²) in [7, 11) is 0. The zero-order valence-electron chi connectivity index (χ0n) is 13.6. The number of nitrogens with one attached hydrogen (secondary N) is 2. The van der Waals surface area contributed by atoms with Gasteiger partial charge in [0.15, 0.2) is 5.69 Å². The maximum Gasteiger partial charge on any atom is 0.435 e. The van der Waals surface area contributed by atoms with Gasteiger partial charge in [-0.2, -0.15) is 18.3 Å². The highest BCUT2D eigenvalue weighted by Crippen LogP contribution is 2.27. The van der Waals surface area contributed by atoms with Crippen LogP contribution < -0.4 is 10.6 Å². The molecular formula is C14H19F3N4O4. The molecule has 0 aromatic carbocycles. The number of alkyl halides is 3. The van der Waals surface area contributed by atoms with Gasteiger partial charge in [-0.1, -0.05) is 13.8 Å². The number of carboxylic acids is 1. The summed E-state index contributed by atoms with van der Waals surface area (Å²) < 4.78 is 38.0. The zero-order valence-corrected chi connectivity index (χ0v) is 13.6. The molecule has 0 unspecified atom stereocenters. The Labute approximate surface area is 141 Å². The van der Waals surface area contributed by atoms with E-state index in [0.717, 1.165) is 16.9 Å². The van der Waals surface area contributed by atoms with Gasteiger partial charge >= 0.3 is 12.1 Å². The molecule has 2 amide bonds. The average molecular weight is 364 g/mol. The number of halogens is 3. The number of carbonyl (C=O) groups excluding carboxylic acids is 2. The van der Waals surface area contributed by atoms with Gasteiger partial charge in [-0.15, -0.1) is 0 Å². The van der Waals surface area contributed by atoms with E-state index in [1.807, 2.05) is 0 Å². The van der Waals surface area contributed by atoms with Crippen molar-refractivity contribution in [3.8, 4) is 0 Å². The molecule has 0 spiro atoms. The number of nitrogens with zero attached hydrogens (tertiary/aromatic N) is 2. The minimum atomic E-state index is -4.61. The van der Waals surface area contributed by atoms with Crippen molar-refractivity contribution in [2.75, 3.05) is 6.54 Å². The minimum absolute atomic E-state index is 0.0404. The maximum absolute atomic E-state index is 12.4. The first-order valence-corrected chi connectivity index (χ1v) is 7.38. The van der Waals surface area contributed by atoms with E-state index in [-0.39, 0.29) is 12.3 Å². The van der Waals surface area contributed by atoms with Crippen LogP contribution in [0.1, 0.15) is 26.0 Å². The molecule has 1 heterocycles. The Hall–Kier alpha value is -2.59. The predicted octanol–water partition coefficient (Wildman–Crippen LogP) is 0.634. The number of amides is 2. The van der Waals surface area contributed by atoms with E-state index in [2.05, 4.69) is 15.7 Å². The van der Waals surface area contributed by atoms with Crippen LogP contribution in [-0.2, 0) is 27.1 Å². The lowest BCUT2D eigenvalue weighted by molar-refractivity contribution is -0.142. The van der Waals surface area contributed by atoms with Crippen molar-refractivity contribution >= 4 is 17.8 Å². The molecule has 1 aromatic rings. The number of aliphatic carboxylic acids is 1. The summed E-state index contributed by atoms with van der Waals surface area (Å²) in [4.78, 5) is 34.3. The van der Waals surface area contributed by atoms with Crippen LogP contribution in [-0.4, -0.2) is 45.3 Å². The fourth-order valence-corrected chi connectivity index (χ4v) is 1.92. The highest BCUT2D eigenvalue weighted by Gasteiger charge is 2.33. The third kappa shape index (κ3) is 7.23. The first kappa shape index (κ1) is 20.5. The zero-order chi connectivity index (χ0) is 19.2. The van der Waals surface area contributed by atoms with Gasteiger partial charge in [0.05, 0.1) is 6.54 Å². The highest BCUT2D eigenvalue weighted by atomic mass is 19.4. The van der Waals surface area contributed by atoms with E-state index in [0.29, 0.717) is 0 Å². The Balaban J connectivity index is 2.46. The molecule has 1 aromatic heterocycles. The van der Waals surface area contributed by atoms with Crippen molar-refractivity contribution < 1.29 is 32.7 Å². The second kappa shape index (κ2) is 8.49. The number of carboxylic acid groups (broad SMARTS) is 1. The lowest BCUT2D eigenvalue weighted by Crippen LogP contribution is -2.46. The third-order valence-corrected chi connectivity index (χ3v) is 3.02. The number of aromatic nitrogens is 2. The van der Waals surface area contributed by atoms with Crippen molar-refractivity contribution in [2.45, 2.75) is 39.0 Å². The predicted molar refractivity (Wildman–Crippen MR) is 79.3 cm³/mol. The lowest BCUT2D eigenvalue weighted by atomic mass is 10.0. The van der Waals surface area contributed by atoms with Gasteiger partial charge in [-0.05, 0) is 18.4 Å². The van der Waals surface area contributed by atoms with E-state index in [1.54, 1.807) is 13.8 Å². The molecule has 25 heavy (non-hydrogen) atoms. The van der Waals surface area contributed by atoms with E-state index >= 15 is 0 Å².